The van der Waals surface area contributed by atoms with Gasteiger partial charge in [0.2, 0.25) is 10.0 Å². The van der Waals surface area contributed by atoms with E-state index in [4.69, 9.17) is 5.73 Å². The fourth-order valence-electron chi connectivity index (χ4n) is 3.38. The van der Waals surface area contributed by atoms with E-state index in [9.17, 15) is 22.0 Å². The number of anilines is 3. The lowest BCUT2D eigenvalue weighted by atomic mass is 10.1. The number of amides is 1. The van der Waals surface area contributed by atoms with Crippen LogP contribution in [-0.2, 0) is 10.0 Å². The summed E-state index contributed by atoms with van der Waals surface area (Å²) in [7, 11) is -3.83. The highest BCUT2D eigenvalue weighted by Crippen LogP contribution is 2.26. The van der Waals surface area contributed by atoms with Crippen LogP contribution in [0.2, 0.25) is 0 Å². The first-order valence-corrected chi connectivity index (χ1v) is 11.9. The van der Waals surface area contributed by atoms with Gasteiger partial charge in [0.1, 0.15) is 29.1 Å². The van der Waals surface area contributed by atoms with Crippen molar-refractivity contribution in [2.24, 2.45) is 0 Å². The van der Waals surface area contributed by atoms with Crippen molar-refractivity contribution in [2.75, 3.05) is 21.5 Å². The SMILES string of the molecule is CCCS(=O)(=O)Nc1ccc(F)c(C(=O)Nc2c[nH+]c3[nH]c(-c4ccc(N)nc4)cc3c2)c1F. The van der Waals surface area contributed by atoms with Crippen molar-refractivity contribution in [3.05, 3.63) is 66.0 Å². The van der Waals surface area contributed by atoms with Crippen molar-refractivity contribution in [1.29, 1.82) is 0 Å². The van der Waals surface area contributed by atoms with Crippen LogP contribution < -0.4 is 20.8 Å². The number of hydrogen-bond acceptors (Lipinski definition) is 5. The second-order valence-corrected chi connectivity index (χ2v) is 9.37. The number of nitrogen functional groups attached to an aromatic ring is 1. The molecule has 0 aliphatic carbocycles. The van der Waals surface area contributed by atoms with E-state index in [0.29, 0.717) is 23.3 Å². The molecule has 0 bridgehead atoms. The third-order valence-corrected chi connectivity index (χ3v) is 6.42. The highest BCUT2D eigenvalue weighted by atomic mass is 32.2. The van der Waals surface area contributed by atoms with E-state index in [2.05, 4.69) is 20.3 Å². The number of pyridine rings is 2. The number of nitrogens with two attached hydrogens (primary N) is 1. The molecule has 0 spiro atoms. The highest BCUT2D eigenvalue weighted by Gasteiger charge is 2.23. The molecular weight excluding hydrogens is 466 g/mol. The Morgan fingerprint density at radius 1 is 1.21 bits per heavy atom. The molecule has 0 atom stereocenters. The molecular formula is C22H21F2N6O3S+. The molecule has 0 unspecified atom stereocenters. The van der Waals surface area contributed by atoms with E-state index in [1.165, 1.54) is 6.20 Å². The first-order valence-electron chi connectivity index (χ1n) is 10.2. The van der Waals surface area contributed by atoms with E-state index in [-0.39, 0.29) is 11.4 Å². The van der Waals surface area contributed by atoms with Gasteiger partial charge < -0.3 is 11.1 Å². The molecule has 1 aromatic carbocycles. The number of nitrogens with zero attached hydrogens (tertiary/aromatic N) is 1. The third kappa shape index (κ3) is 4.81. The summed E-state index contributed by atoms with van der Waals surface area (Å²) in [5.41, 5.74) is 6.63. The second-order valence-electron chi connectivity index (χ2n) is 7.53. The Balaban J connectivity index is 1.60. The number of rotatable bonds is 7. The number of halogens is 2. The Morgan fingerprint density at radius 2 is 2.00 bits per heavy atom. The van der Waals surface area contributed by atoms with Crippen LogP contribution in [0.3, 0.4) is 0 Å². The molecule has 0 aliphatic heterocycles. The summed E-state index contributed by atoms with van der Waals surface area (Å²) in [6.07, 6.45) is 3.36. The lowest BCUT2D eigenvalue weighted by Gasteiger charge is -2.12. The third-order valence-electron chi connectivity index (χ3n) is 4.94. The number of aromatic amines is 2. The molecule has 4 aromatic rings. The van der Waals surface area contributed by atoms with Crippen LogP contribution in [0.4, 0.5) is 26.0 Å². The Labute approximate surface area is 193 Å². The molecule has 0 radical (unpaired) electrons. The fraction of sp³-hybridized carbons (Fsp3) is 0.136. The van der Waals surface area contributed by atoms with Gasteiger partial charge in [-0.1, -0.05) is 6.92 Å². The van der Waals surface area contributed by atoms with E-state index >= 15 is 0 Å². The van der Waals surface area contributed by atoms with Crippen LogP contribution in [0.25, 0.3) is 22.3 Å². The summed E-state index contributed by atoms with van der Waals surface area (Å²) in [5, 5.41) is 3.12. The smallest absolute Gasteiger partial charge is 0.284 e. The Morgan fingerprint density at radius 3 is 2.71 bits per heavy atom. The number of fused-ring (bicyclic) bond motifs is 1. The summed E-state index contributed by atoms with van der Waals surface area (Å²) in [6.45, 7) is 1.65. The van der Waals surface area contributed by atoms with E-state index in [1.54, 1.807) is 37.4 Å². The predicted molar refractivity (Wildman–Crippen MR) is 125 cm³/mol. The summed E-state index contributed by atoms with van der Waals surface area (Å²) < 4.78 is 55.2. The van der Waals surface area contributed by atoms with Crippen LogP contribution in [-0.4, -0.2) is 30.0 Å². The normalized spacial score (nSPS) is 11.5. The van der Waals surface area contributed by atoms with E-state index < -0.39 is 38.8 Å². The van der Waals surface area contributed by atoms with Crippen LogP contribution >= 0.6 is 0 Å². The number of carbonyl (C=O) groups is 1. The predicted octanol–water partition coefficient (Wildman–Crippen LogP) is 3.31. The summed E-state index contributed by atoms with van der Waals surface area (Å²) in [5.74, 6) is -3.36. The molecule has 6 N–H and O–H groups in total. The van der Waals surface area contributed by atoms with Gasteiger partial charge >= 0.3 is 0 Å². The summed E-state index contributed by atoms with van der Waals surface area (Å²) in [4.78, 5) is 22.9. The lowest BCUT2D eigenvalue weighted by molar-refractivity contribution is -0.346. The van der Waals surface area contributed by atoms with Crippen LogP contribution in [0.5, 0.6) is 0 Å². The first kappa shape index (κ1) is 23.1. The molecule has 3 aromatic heterocycles. The maximum Gasteiger partial charge on any atom is 0.284 e. The van der Waals surface area contributed by atoms with Gasteiger partial charge in [0.05, 0.1) is 22.5 Å². The zero-order valence-electron chi connectivity index (χ0n) is 17.9. The molecule has 34 heavy (non-hydrogen) atoms. The number of H-pyrrole nitrogens is 2. The zero-order chi connectivity index (χ0) is 24.5. The number of hydrogen-bond donors (Lipinski definition) is 4. The number of benzene rings is 1. The zero-order valence-corrected chi connectivity index (χ0v) is 18.8. The Hall–Kier alpha value is -4.06. The number of carbonyl (C=O) groups excluding carboxylic acids is 1. The molecule has 176 valence electrons. The van der Waals surface area contributed by atoms with Crippen molar-refractivity contribution in [2.45, 2.75) is 13.3 Å². The molecule has 1 amide bonds. The van der Waals surface area contributed by atoms with E-state index in [0.717, 1.165) is 23.4 Å². The van der Waals surface area contributed by atoms with Crippen LogP contribution in [0.1, 0.15) is 23.7 Å². The molecule has 0 saturated carbocycles. The minimum absolute atomic E-state index is 0.244. The van der Waals surface area contributed by atoms with Crippen molar-refractivity contribution in [3.8, 4) is 11.3 Å². The number of nitrogens with one attached hydrogen (secondary N) is 4. The van der Waals surface area contributed by atoms with Gasteiger partial charge in [-0.2, -0.15) is 0 Å². The van der Waals surface area contributed by atoms with Gasteiger partial charge in [-0.3, -0.25) is 9.52 Å². The fourth-order valence-corrected chi connectivity index (χ4v) is 4.51. The average Bonchev–Trinajstić information content (AvgIpc) is 3.19. The molecule has 9 nitrogen and oxygen atoms in total. The monoisotopic (exact) mass is 487 g/mol. The molecule has 12 heteroatoms. The minimum atomic E-state index is -3.83. The number of sulfonamides is 1. The maximum atomic E-state index is 14.9. The Bertz CT molecular complexity index is 1490. The summed E-state index contributed by atoms with van der Waals surface area (Å²) >= 11 is 0. The topological polar surface area (TPSA) is 144 Å². The highest BCUT2D eigenvalue weighted by molar-refractivity contribution is 7.92. The first-order chi connectivity index (χ1) is 16.2. The van der Waals surface area contributed by atoms with Gasteiger partial charge in [-0.05, 0) is 36.8 Å². The number of aromatic nitrogens is 3. The molecule has 0 aliphatic rings. The quantitative estimate of drug-likeness (QED) is 0.316. The Kier molecular flexibility index (Phi) is 6.16. The van der Waals surface area contributed by atoms with Crippen LogP contribution in [0, 0.1) is 11.6 Å². The second kappa shape index (κ2) is 9.06. The van der Waals surface area contributed by atoms with Gasteiger partial charge in [0.15, 0.2) is 5.82 Å². The standard InChI is InChI=1S/C22H20F2N6O3S/c1-2-7-34(32,33)30-16-5-4-15(23)19(20(16)24)22(31)28-14-8-13-9-17(29-21(13)27-11-14)12-3-6-18(25)26-10-12/h3-6,8-11,30H,2,7H2,1H3,(H2,25,26)(H,27,29)(H,28,31)/p+1. The van der Waals surface area contributed by atoms with Crippen molar-refractivity contribution < 1.29 is 27.0 Å². The summed E-state index contributed by atoms with van der Waals surface area (Å²) in [6, 6.07) is 8.63. The van der Waals surface area contributed by atoms with Crippen molar-refractivity contribution in [1.82, 2.24) is 9.97 Å². The lowest BCUT2D eigenvalue weighted by Crippen LogP contribution is -2.21. The van der Waals surface area contributed by atoms with Gasteiger partial charge in [-0.25, -0.2) is 32.2 Å². The van der Waals surface area contributed by atoms with E-state index in [1.807, 2.05) is 4.72 Å². The molecule has 4 rings (SSSR count). The maximum absolute atomic E-state index is 14.9. The van der Waals surface area contributed by atoms with Crippen molar-refractivity contribution >= 4 is 44.2 Å². The van der Waals surface area contributed by atoms with Crippen molar-refractivity contribution in [3.63, 3.8) is 0 Å². The minimum Gasteiger partial charge on any atom is -0.384 e. The molecule has 0 fully saturated rings. The van der Waals surface area contributed by atoms with Crippen LogP contribution in [0.15, 0.2) is 48.8 Å². The van der Waals surface area contributed by atoms with Gasteiger partial charge in [-0.15, -0.1) is 0 Å². The van der Waals surface area contributed by atoms with Gasteiger partial charge in [0, 0.05) is 17.8 Å². The van der Waals surface area contributed by atoms with Gasteiger partial charge in [0.25, 0.3) is 11.6 Å². The average molecular weight is 488 g/mol. The molecule has 3 heterocycles. The largest absolute Gasteiger partial charge is 0.384 e. The molecule has 0 saturated heterocycles.